The topological polar surface area (TPSA) is 236 Å². The molecule has 14 heteroatoms. The quantitative estimate of drug-likeness (QED) is 0.133. The lowest BCUT2D eigenvalue weighted by Crippen LogP contribution is -2.65. The van der Waals surface area contributed by atoms with Gasteiger partial charge in [-0.05, 0) is 96.7 Å². The van der Waals surface area contributed by atoms with Crippen LogP contribution in [0.5, 0.6) is 0 Å². The molecule has 56 heavy (non-hydrogen) atoms. The molecule has 0 aromatic carbocycles. The first-order chi connectivity index (χ1) is 26.2. The van der Waals surface area contributed by atoms with Gasteiger partial charge in [-0.15, -0.1) is 0 Å². The van der Waals surface area contributed by atoms with Crippen molar-refractivity contribution in [1.82, 2.24) is 0 Å². The Morgan fingerprint density at radius 1 is 0.732 bits per heavy atom. The standard InChI is InChI=1S/C42H70O14/c1-19(2)21(45)9-8-20(3)29-22(46)14-39(6)26-11-10-25-38(4,5)28(12-13-41(25)18-42(26,41)15-27(47)40(29,39)7)55-37-35(33(51)31(49)24(17-44)54-37)56-36-34(52)32(50)30(48)23(16-43)53-36/h19-20,22-37,43-44,46-52H,8-18H2,1-7H3/t20-,22+,23-,24-,25+,26+,27+,28+,29+,30-,31-,32+,33+,34-,35-,36+,37+,39+,40-,41-,42+/m1/s1. The van der Waals surface area contributed by atoms with Crippen LogP contribution in [-0.2, 0) is 23.7 Å². The number of hydrogen-bond acceptors (Lipinski definition) is 14. The number of rotatable bonds is 11. The first-order valence-corrected chi connectivity index (χ1v) is 21.3. The van der Waals surface area contributed by atoms with E-state index in [9.17, 15) is 50.8 Å². The van der Waals surface area contributed by atoms with Crippen LogP contribution in [0.1, 0.15) is 106 Å². The molecule has 7 aliphatic rings. The predicted molar refractivity (Wildman–Crippen MR) is 199 cm³/mol. The highest BCUT2D eigenvalue weighted by atomic mass is 16.8. The average molecular weight is 799 g/mol. The third-order valence-corrected chi connectivity index (χ3v) is 17.5. The number of carbonyl (C=O) groups excluding carboxylic acids is 1. The molecule has 7 rings (SSSR count). The summed E-state index contributed by atoms with van der Waals surface area (Å²) in [4.78, 5) is 12.6. The first kappa shape index (κ1) is 43.2. The van der Waals surface area contributed by atoms with Crippen molar-refractivity contribution in [3.8, 4) is 0 Å². The van der Waals surface area contributed by atoms with E-state index in [1.54, 1.807) is 0 Å². The van der Waals surface area contributed by atoms with E-state index in [1.807, 2.05) is 13.8 Å². The third kappa shape index (κ3) is 6.16. The van der Waals surface area contributed by atoms with Gasteiger partial charge < -0.3 is 64.9 Å². The Hall–Kier alpha value is -0.850. The Balaban J connectivity index is 1.11. The molecule has 14 nitrogen and oxygen atoms in total. The number of ketones is 1. The maximum atomic E-state index is 12.6. The monoisotopic (exact) mass is 798 g/mol. The van der Waals surface area contributed by atoms with E-state index >= 15 is 0 Å². The fourth-order valence-corrected chi connectivity index (χ4v) is 14.4. The summed E-state index contributed by atoms with van der Waals surface area (Å²) in [5.41, 5.74) is -1.35. The van der Waals surface area contributed by atoms with E-state index in [0.29, 0.717) is 38.0 Å². The number of aliphatic hydroxyl groups is 9. The maximum absolute atomic E-state index is 12.6. The molecule has 21 atom stereocenters. The van der Waals surface area contributed by atoms with E-state index in [1.165, 1.54) is 0 Å². The molecule has 0 amide bonds. The zero-order valence-corrected chi connectivity index (χ0v) is 34.2. The molecule has 0 unspecified atom stereocenters. The van der Waals surface area contributed by atoms with Gasteiger partial charge in [-0.1, -0.05) is 48.5 Å². The molecule has 9 N–H and O–H groups in total. The first-order valence-electron chi connectivity index (χ1n) is 21.3. The largest absolute Gasteiger partial charge is 0.394 e. The van der Waals surface area contributed by atoms with Gasteiger partial charge in [0.05, 0.1) is 31.5 Å². The van der Waals surface area contributed by atoms with Gasteiger partial charge in [-0.3, -0.25) is 4.79 Å². The lowest BCUT2D eigenvalue weighted by Gasteiger charge is -2.64. The van der Waals surface area contributed by atoms with Crippen LogP contribution in [0.25, 0.3) is 0 Å². The van der Waals surface area contributed by atoms with Crippen LogP contribution in [0.15, 0.2) is 0 Å². The van der Waals surface area contributed by atoms with E-state index in [2.05, 4.69) is 34.6 Å². The Morgan fingerprint density at radius 2 is 1.34 bits per heavy atom. The highest BCUT2D eigenvalue weighted by Gasteiger charge is 2.84. The summed E-state index contributed by atoms with van der Waals surface area (Å²) in [6.45, 7) is 13.6. The van der Waals surface area contributed by atoms with E-state index in [0.717, 1.165) is 25.7 Å². The van der Waals surface area contributed by atoms with E-state index in [-0.39, 0.29) is 45.7 Å². The molecule has 0 bridgehead atoms. The van der Waals surface area contributed by atoms with Crippen molar-refractivity contribution >= 4 is 5.78 Å². The molecule has 0 radical (unpaired) electrons. The van der Waals surface area contributed by atoms with Crippen molar-refractivity contribution in [2.75, 3.05) is 13.2 Å². The van der Waals surface area contributed by atoms with Gasteiger partial charge in [0.2, 0.25) is 0 Å². The van der Waals surface area contributed by atoms with Crippen LogP contribution in [0, 0.1) is 56.7 Å². The zero-order chi connectivity index (χ0) is 41.1. The minimum absolute atomic E-state index is 0.0268. The fraction of sp³-hybridized carbons (Fsp3) is 0.976. The molecule has 7 fully saturated rings. The summed E-state index contributed by atoms with van der Waals surface area (Å²) >= 11 is 0. The van der Waals surface area contributed by atoms with Crippen LogP contribution >= 0.6 is 0 Å². The Morgan fingerprint density at radius 3 is 1.96 bits per heavy atom. The second kappa shape index (κ2) is 15.0. The number of aliphatic hydroxyl groups excluding tert-OH is 9. The number of fused-ring (bicyclic) bond motifs is 2. The molecule has 2 spiro atoms. The van der Waals surface area contributed by atoms with Gasteiger partial charge in [0.1, 0.15) is 54.6 Å². The third-order valence-electron chi connectivity index (χ3n) is 17.5. The Kier molecular flexibility index (Phi) is 11.5. The summed E-state index contributed by atoms with van der Waals surface area (Å²) < 4.78 is 24.3. The molecular weight excluding hydrogens is 728 g/mol. The molecular formula is C42H70O14. The van der Waals surface area contributed by atoms with Gasteiger partial charge in [-0.2, -0.15) is 0 Å². The highest BCUT2D eigenvalue weighted by molar-refractivity contribution is 5.80. The molecule has 2 aliphatic heterocycles. The Labute approximate surface area is 330 Å². The van der Waals surface area contributed by atoms with Crippen molar-refractivity contribution in [3.05, 3.63) is 0 Å². The molecule has 5 aliphatic carbocycles. The number of carbonyl (C=O) groups is 1. The molecule has 2 saturated heterocycles. The van der Waals surface area contributed by atoms with Crippen molar-refractivity contribution < 1.29 is 69.7 Å². The van der Waals surface area contributed by atoms with Gasteiger partial charge >= 0.3 is 0 Å². The van der Waals surface area contributed by atoms with Gasteiger partial charge in [0.15, 0.2) is 12.6 Å². The zero-order valence-electron chi connectivity index (χ0n) is 34.2. The molecule has 0 aromatic rings. The smallest absolute Gasteiger partial charge is 0.187 e. The van der Waals surface area contributed by atoms with Crippen LogP contribution in [0.2, 0.25) is 0 Å². The summed E-state index contributed by atoms with van der Waals surface area (Å²) in [5, 5.41) is 97.5. The van der Waals surface area contributed by atoms with Gasteiger partial charge in [0, 0.05) is 17.8 Å². The maximum Gasteiger partial charge on any atom is 0.187 e. The normalized spacial score (nSPS) is 54.1. The van der Waals surface area contributed by atoms with E-state index < -0.39 is 104 Å². The van der Waals surface area contributed by atoms with Gasteiger partial charge in [0.25, 0.3) is 0 Å². The molecule has 2 heterocycles. The minimum Gasteiger partial charge on any atom is -0.394 e. The number of Topliss-reactive ketones (excluding diaryl/α,β-unsaturated/α-hetero) is 1. The molecule has 5 saturated carbocycles. The van der Waals surface area contributed by atoms with Crippen LogP contribution in [0.4, 0.5) is 0 Å². The molecule has 322 valence electrons. The second-order valence-corrected chi connectivity index (χ2v) is 20.5. The lowest BCUT2D eigenvalue weighted by molar-refractivity contribution is -0.377. The fourth-order valence-electron chi connectivity index (χ4n) is 14.4. The van der Waals surface area contributed by atoms with Crippen molar-refractivity contribution in [3.63, 3.8) is 0 Å². The van der Waals surface area contributed by atoms with Gasteiger partial charge in [-0.25, -0.2) is 0 Å². The lowest BCUT2D eigenvalue weighted by atomic mass is 9.41. The molecule has 0 aromatic heterocycles. The predicted octanol–water partition coefficient (Wildman–Crippen LogP) is 1.02. The number of hydrogen-bond donors (Lipinski definition) is 9. The highest BCUT2D eigenvalue weighted by Crippen LogP contribution is 2.89. The second-order valence-electron chi connectivity index (χ2n) is 20.5. The summed E-state index contributed by atoms with van der Waals surface area (Å²) in [6.07, 6.45) is -9.96. The van der Waals surface area contributed by atoms with Crippen molar-refractivity contribution in [2.45, 2.75) is 186 Å². The van der Waals surface area contributed by atoms with Crippen molar-refractivity contribution in [2.24, 2.45) is 56.7 Å². The summed E-state index contributed by atoms with van der Waals surface area (Å²) in [7, 11) is 0. The van der Waals surface area contributed by atoms with Crippen LogP contribution in [-0.4, -0.2) is 145 Å². The Bertz CT molecular complexity index is 1440. The average Bonchev–Trinajstić information content (AvgIpc) is 3.74. The minimum atomic E-state index is -1.76. The van der Waals surface area contributed by atoms with E-state index in [4.69, 9.17) is 18.9 Å². The SMILES string of the molecule is CC(C)C(=O)CC[C@@H](C)[C@H]1[C@@H](O)C[C@@]2(C)[C@@H]3CC[C@H]4C(C)(C)[C@@H](O[C@@H]5O[C@H](CO)[C@@H](O)[C@H](O)[C@H]5O[C@@H]5O[C@H](CO)[C@@H](O)[C@H](O)[C@H]5O)CC[C@@]45C[C@@]35C[C@H](O)[C@]12C. The van der Waals surface area contributed by atoms with Crippen molar-refractivity contribution in [1.29, 1.82) is 0 Å². The number of ether oxygens (including phenoxy) is 4. The summed E-state index contributed by atoms with van der Waals surface area (Å²) in [6, 6.07) is 0. The van der Waals surface area contributed by atoms with Crippen LogP contribution < -0.4 is 0 Å². The summed E-state index contributed by atoms with van der Waals surface area (Å²) in [5.74, 6) is 0.705. The van der Waals surface area contributed by atoms with Crippen LogP contribution in [0.3, 0.4) is 0 Å².